The Kier molecular flexibility index (Phi) is 4.56. The number of hydrogen-bond acceptors (Lipinski definition) is 4. The highest BCUT2D eigenvalue weighted by Crippen LogP contribution is 2.27. The van der Waals surface area contributed by atoms with Gasteiger partial charge in [-0.05, 0) is 63.9 Å². The Balaban J connectivity index is 1.73. The highest BCUT2D eigenvalue weighted by Gasteiger charge is 2.04. The molecule has 0 aliphatic carbocycles. The summed E-state index contributed by atoms with van der Waals surface area (Å²) in [6.07, 6.45) is 1.60. The van der Waals surface area contributed by atoms with Gasteiger partial charge in [0.25, 0.3) is 0 Å². The zero-order valence-electron chi connectivity index (χ0n) is 11.3. The zero-order valence-corrected chi connectivity index (χ0v) is 13.7. The van der Waals surface area contributed by atoms with E-state index in [0.717, 1.165) is 21.7 Å². The van der Waals surface area contributed by atoms with E-state index in [4.69, 9.17) is 16.3 Å². The average molecular weight is 377 g/mol. The molecule has 3 aromatic rings. The normalized spacial score (nSPS) is 10.3. The number of anilines is 2. The van der Waals surface area contributed by atoms with Crippen molar-refractivity contribution in [2.45, 2.75) is 0 Å². The van der Waals surface area contributed by atoms with Crippen LogP contribution in [0.5, 0.6) is 11.5 Å². The smallest absolute Gasteiger partial charge is 0.224 e. The van der Waals surface area contributed by atoms with E-state index in [9.17, 15) is 0 Å². The lowest BCUT2D eigenvalue weighted by molar-refractivity contribution is 0.483. The first kappa shape index (κ1) is 14.8. The SMILES string of the molecule is Clc1ncc(Br)c(Nc2ccc(Oc3ccccc3)cc2)n1. The monoisotopic (exact) mass is 375 g/mol. The molecule has 0 saturated heterocycles. The second-order valence-electron chi connectivity index (χ2n) is 4.40. The summed E-state index contributed by atoms with van der Waals surface area (Å²) in [7, 11) is 0. The lowest BCUT2D eigenvalue weighted by atomic mass is 10.3. The first-order chi connectivity index (χ1) is 10.7. The third-order valence-electron chi connectivity index (χ3n) is 2.81. The molecule has 1 heterocycles. The molecule has 110 valence electrons. The fourth-order valence-electron chi connectivity index (χ4n) is 1.80. The second kappa shape index (κ2) is 6.77. The molecule has 0 aliphatic heterocycles. The first-order valence-corrected chi connectivity index (χ1v) is 7.66. The molecular weight excluding hydrogens is 366 g/mol. The van der Waals surface area contributed by atoms with Crippen LogP contribution in [0.2, 0.25) is 5.28 Å². The van der Waals surface area contributed by atoms with Crippen molar-refractivity contribution in [3.05, 3.63) is 70.6 Å². The summed E-state index contributed by atoms with van der Waals surface area (Å²) >= 11 is 9.17. The fourth-order valence-corrected chi connectivity index (χ4v) is 2.22. The van der Waals surface area contributed by atoms with E-state index >= 15 is 0 Å². The minimum Gasteiger partial charge on any atom is -0.457 e. The standard InChI is InChI=1S/C16H11BrClN3O/c17-14-10-19-16(18)21-15(14)20-11-6-8-13(9-7-11)22-12-4-2-1-3-5-12/h1-10H,(H,19,20,21). The van der Waals surface area contributed by atoms with Gasteiger partial charge in [0.2, 0.25) is 5.28 Å². The number of ether oxygens (including phenoxy) is 1. The Labute approximate surface area is 141 Å². The molecule has 0 aliphatic rings. The Bertz CT molecular complexity index is 766. The molecular formula is C16H11BrClN3O. The Hall–Kier alpha value is -2.11. The van der Waals surface area contributed by atoms with Crippen LogP contribution in [0.25, 0.3) is 0 Å². The molecule has 3 rings (SSSR count). The number of nitrogens with zero attached hydrogens (tertiary/aromatic N) is 2. The summed E-state index contributed by atoms with van der Waals surface area (Å²) in [6.45, 7) is 0. The van der Waals surface area contributed by atoms with Gasteiger partial charge in [-0.1, -0.05) is 18.2 Å². The Morgan fingerprint density at radius 3 is 2.36 bits per heavy atom. The van der Waals surface area contributed by atoms with Crippen LogP contribution in [0.3, 0.4) is 0 Å². The van der Waals surface area contributed by atoms with Crippen molar-refractivity contribution < 1.29 is 4.74 Å². The van der Waals surface area contributed by atoms with Crippen molar-refractivity contribution in [3.63, 3.8) is 0 Å². The summed E-state index contributed by atoms with van der Waals surface area (Å²) in [5.41, 5.74) is 0.871. The zero-order chi connectivity index (χ0) is 15.4. The maximum Gasteiger partial charge on any atom is 0.224 e. The van der Waals surface area contributed by atoms with Crippen LogP contribution < -0.4 is 10.1 Å². The minimum atomic E-state index is 0.190. The molecule has 0 radical (unpaired) electrons. The first-order valence-electron chi connectivity index (χ1n) is 6.49. The van der Waals surface area contributed by atoms with Crippen LogP contribution in [0.1, 0.15) is 0 Å². The number of hydrogen-bond donors (Lipinski definition) is 1. The van der Waals surface area contributed by atoms with Crippen LogP contribution in [-0.2, 0) is 0 Å². The molecule has 4 nitrogen and oxygen atoms in total. The van der Waals surface area contributed by atoms with Crippen molar-refractivity contribution in [2.75, 3.05) is 5.32 Å². The van der Waals surface area contributed by atoms with Crippen LogP contribution in [0.15, 0.2) is 65.3 Å². The van der Waals surface area contributed by atoms with Crippen LogP contribution in [0.4, 0.5) is 11.5 Å². The molecule has 0 fully saturated rings. The highest BCUT2D eigenvalue weighted by molar-refractivity contribution is 9.10. The second-order valence-corrected chi connectivity index (χ2v) is 5.59. The van der Waals surface area contributed by atoms with E-state index in [2.05, 4.69) is 31.2 Å². The van der Waals surface area contributed by atoms with Gasteiger partial charge in [-0.3, -0.25) is 0 Å². The molecule has 0 bridgehead atoms. The molecule has 6 heteroatoms. The maximum atomic E-state index is 5.80. The molecule has 0 saturated carbocycles. The quantitative estimate of drug-likeness (QED) is 0.617. The maximum absolute atomic E-state index is 5.80. The lowest BCUT2D eigenvalue weighted by Crippen LogP contribution is -1.96. The summed E-state index contributed by atoms with van der Waals surface area (Å²) in [4.78, 5) is 8.01. The van der Waals surface area contributed by atoms with Crippen molar-refractivity contribution in [3.8, 4) is 11.5 Å². The van der Waals surface area contributed by atoms with Crippen molar-refractivity contribution in [2.24, 2.45) is 0 Å². The van der Waals surface area contributed by atoms with Gasteiger partial charge >= 0.3 is 0 Å². The molecule has 0 atom stereocenters. The molecule has 0 amide bonds. The summed E-state index contributed by atoms with van der Waals surface area (Å²) in [6, 6.07) is 17.2. The molecule has 1 N–H and O–H groups in total. The molecule has 2 aromatic carbocycles. The van der Waals surface area contributed by atoms with Gasteiger partial charge in [-0.2, -0.15) is 4.98 Å². The van der Waals surface area contributed by atoms with E-state index in [1.54, 1.807) is 6.20 Å². The lowest BCUT2D eigenvalue weighted by Gasteiger charge is -2.09. The third kappa shape index (κ3) is 3.75. The van der Waals surface area contributed by atoms with Gasteiger partial charge in [-0.15, -0.1) is 0 Å². The van der Waals surface area contributed by atoms with Crippen LogP contribution in [0, 0.1) is 0 Å². The summed E-state index contributed by atoms with van der Waals surface area (Å²) in [5, 5.41) is 3.36. The predicted molar refractivity (Wildman–Crippen MR) is 91.0 cm³/mol. The van der Waals surface area contributed by atoms with Gasteiger partial charge in [0.15, 0.2) is 0 Å². The molecule has 22 heavy (non-hydrogen) atoms. The average Bonchev–Trinajstić information content (AvgIpc) is 2.54. The topological polar surface area (TPSA) is 47.0 Å². The molecule has 0 unspecified atom stereocenters. The van der Waals surface area contributed by atoms with E-state index in [0.29, 0.717) is 5.82 Å². The van der Waals surface area contributed by atoms with Gasteiger partial charge in [-0.25, -0.2) is 4.98 Å². The highest BCUT2D eigenvalue weighted by atomic mass is 79.9. The van der Waals surface area contributed by atoms with E-state index < -0.39 is 0 Å². The minimum absolute atomic E-state index is 0.190. The third-order valence-corrected chi connectivity index (χ3v) is 3.57. The Morgan fingerprint density at radius 2 is 1.64 bits per heavy atom. The van der Waals surface area contributed by atoms with E-state index in [-0.39, 0.29) is 5.28 Å². The van der Waals surface area contributed by atoms with Crippen molar-refractivity contribution in [1.82, 2.24) is 9.97 Å². The van der Waals surface area contributed by atoms with Crippen LogP contribution >= 0.6 is 27.5 Å². The number of halogens is 2. The van der Waals surface area contributed by atoms with Gasteiger partial charge < -0.3 is 10.1 Å². The van der Waals surface area contributed by atoms with Crippen LogP contribution in [-0.4, -0.2) is 9.97 Å². The molecule has 1 aromatic heterocycles. The van der Waals surface area contributed by atoms with Gasteiger partial charge in [0.05, 0.1) is 4.47 Å². The largest absolute Gasteiger partial charge is 0.457 e. The number of para-hydroxylation sites is 1. The van der Waals surface area contributed by atoms with Gasteiger partial charge in [0, 0.05) is 11.9 Å². The van der Waals surface area contributed by atoms with Gasteiger partial charge in [0.1, 0.15) is 17.3 Å². The summed E-state index contributed by atoms with van der Waals surface area (Å²) in [5.74, 6) is 2.17. The summed E-state index contributed by atoms with van der Waals surface area (Å²) < 4.78 is 6.48. The Morgan fingerprint density at radius 1 is 0.955 bits per heavy atom. The predicted octanol–water partition coefficient (Wildman–Crippen LogP) is 5.43. The van der Waals surface area contributed by atoms with E-state index in [1.807, 2.05) is 54.6 Å². The van der Waals surface area contributed by atoms with Crippen molar-refractivity contribution >= 4 is 39.0 Å². The molecule has 0 spiro atoms. The number of rotatable bonds is 4. The number of nitrogens with one attached hydrogen (secondary N) is 1. The fraction of sp³-hybridized carbons (Fsp3) is 0. The number of benzene rings is 2. The van der Waals surface area contributed by atoms with E-state index in [1.165, 1.54) is 0 Å². The number of aromatic nitrogens is 2. The van der Waals surface area contributed by atoms with Crippen molar-refractivity contribution in [1.29, 1.82) is 0 Å².